The highest BCUT2D eigenvalue weighted by Gasteiger charge is 2.25. The molecule has 29 heavy (non-hydrogen) atoms. The minimum Gasteiger partial charge on any atom is -0.330 e. The van der Waals surface area contributed by atoms with Crippen molar-refractivity contribution >= 4 is 11.4 Å². The first-order valence-electron chi connectivity index (χ1n) is 9.80. The zero-order valence-electron chi connectivity index (χ0n) is 16.1. The van der Waals surface area contributed by atoms with E-state index < -0.39 is 0 Å². The lowest BCUT2D eigenvalue weighted by Crippen LogP contribution is -2.22. The molecule has 2 N–H and O–H groups in total. The van der Waals surface area contributed by atoms with Crippen LogP contribution in [0.4, 0.5) is 5.69 Å². The number of nitro benzene ring substituents is 1. The number of hydrogen-bond acceptors (Lipinski definition) is 5. The van der Waals surface area contributed by atoms with Gasteiger partial charge in [0.2, 0.25) is 0 Å². The van der Waals surface area contributed by atoms with E-state index in [1.807, 2.05) is 42.6 Å². The first kappa shape index (κ1) is 19.0. The molecule has 0 aliphatic carbocycles. The summed E-state index contributed by atoms with van der Waals surface area (Å²) in [6, 6.07) is 16.7. The molecule has 4 rings (SSSR count). The lowest BCUT2D eigenvalue weighted by atomic mass is 10.0. The van der Waals surface area contributed by atoms with E-state index in [1.165, 1.54) is 6.07 Å². The fourth-order valence-electron chi connectivity index (χ4n) is 3.66. The van der Waals surface area contributed by atoms with E-state index in [0.29, 0.717) is 13.1 Å². The van der Waals surface area contributed by atoms with Gasteiger partial charge in [-0.05, 0) is 25.8 Å². The second-order valence-electron chi connectivity index (χ2n) is 7.16. The van der Waals surface area contributed by atoms with Crippen molar-refractivity contribution in [2.24, 2.45) is 10.7 Å². The molecule has 3 aromatic rings. The normalized spacial score (nSPS) is 15.6. The SMILES string of the molecule is NCCCCC1N=C(c2cccc([N+](=O)[O-])c2)Cn2cc(-c3ccccc3)nc21. The fourth-order valence-corrected chi connectivity index (χ4v) is 3.66. The highest BCUT2D eigenvalue weighted by molar-refractivity contribution is 6.01. The molecule has 1 aliphatic heterocycles. The lowest BCUT2D eigenvalue weighted by molar-refractivity contribution is -0.384. The first-order chi connectivity index (χ1) is 14.2. The molecule has 148 valence electrons. The molecule has 1 unspecified atom stereocenters. The quantitative estimate of drug-likeness (QED) is 0.373. The van der Waals surface area contributed by atoms with Gasteiger partial charge in [-0.15, -0.1) is 0 Å². The standard InChI is InChI=1S/C22H23N5O2/c23-12-5-4-11-19-22-25-20(16-7-2-1-3-8-16)14-26(22)15-21(24-19)17-9-6-10-18(13-17)27(28)29/h1-3,6-10,13-14,19H,4-5,11-12,15,23H2. The van der Waals surface area contributed by atoms with Crippen LogP contribution in [0, 0.1) is 10.1 Å². The maximum absolute atomic E-state index is 11.2. The molecule has 0 amide bonds. The number of imidazole rings is 1. The predicted octanol–water partition coefficient (Wildman–Crippen LogP) is 4.13. The molecule has 0 radical (unpaired) electrons. The van der Waals surface area contributed by atoms with Crippen LogP contribution in [0.2, 0.25) is 0 Å². The van der Waals surface area contributed by atoms with Crippen molar-refractivity contribution in [1.82, 2.24) is 9.55 Å². The molecular weight excluding hydrogens is 366 g/mol. The van der Waals surface area contributed by atoms with Gasteiger partial charge in [0.1, 0.15) is 11.9 Å². The van der Waals surface area contributed by atoms with Gasteiger partial charge in [0.25, 0.3) is 5.69 Å². The van der Waals surface area contributed by atoms with Crippen LogP contribution >= 0.6 is 0 Å². The highest BCUT2D eigenvalue weighted by atomic mass is 16.6. The summed E-state index contributed by atoms with van der Waals surface area (Å²) in [6.45, 7) is 1.20. The summed E-state index contributed by atoms with van der Waals surface area (Å²) < 4.78 is 2.12. The van der Waals surface area contributed by atoms with Crippen molar-refractivity contribution in [1.29, 1.82) is 0 Å². The molecule has 1 aromatic heterocycles. The topological polar surface area (TPSA) is 99.3 Å². The van der Waals surface area contributed by atoms with Crippen LogP contribution in [-0.4, -0.2) is 26.7 Å². The van der Waals surface area contributed by atoms with Crippen LogP contribution in [0.1, 0.15) is 36.7 Å². The second-order valence-corrected chi connectivity index (χ2v) is 7.16. The predicted molar refractivity (Wildman–Crippen MR) is 113 cm³/mol. The molecule has 1 aliphatic rings. The molecule has 7 nitrogen and oxygen atoms in total. The second kappa shape index (κ2) is 8.36. The Morgan fingerprint density at radius 3 is 2.66 bits per heavy atom. The van der Waals surface area contributed by atoms with Gasteiger partial charge in [0.15, 0.2) is 0 Å². The Kier molecular flexibility index (Phi) is 5.48. The summed E-state index contributed by atoms with van der Waals surface area (Å²) in [7, 11) is 0. The van der Waals surface area contributed by atoms with Crippen LogP contribution in [0.15, 0.2) is 65.8 Å². The largest absolute Gasteiger partial charge is 0.330 e. The summed E-state index contributed by atoms with van der Waals surface area (Å²) in [5.74, 6) is 0.940. The summed E-state index contributed by atoms with van der Waals surface area (Å²) >= 11 is 0. The van der Waals surface area contributed by atoms with Gasteiger partial charge in [-0.25, -0.2) is 4.98 Å². The third-order valence-corrected chi connectivity index (χ3v) is 5.13. The van der Waals surface area contributed by atoms with Gasteiger partial charge in [0.05, 0.1) is 22.9 Å². The minimum atomic E-state index is -0.373. The van der Waals surface area contributed by atoms with Gasteiger partial charge < -0.3 is 10.3 Å². The molecule has 0 spiro atoms. The van der Waals surface area contributed by atoms with Crippen molar-refractivity contribution in [2.45, 2.75) is 31.8 Å². The molecule has 0 bridgehead atoms. The smallest absolute Gasteiger partial charge is 0.270 e. The average molecular weight is 389 g/mol. The number of aromatic nitrogens is 2. The molecule has 0 saturated heterocycles. The van der Waals surface area contributed by atoms with E-state index in [-0.39, 0.29) is 16.7 Å². The zero-order chi connectivity index (χ0) is 20.2. The Bertz CT molecular complexity index is 1040. The fraction of sp³-hybridized carbons (Fsp3) is 0.273. The number of aliphatic imine (C=N–C) groups is 1. The van der Waals surface area contributed by atoms with Crippen LogP contribution in [0.5, 0.6) is 0 Å². The van der Waals surface area contributed by atoms with Gasteiger partial charge in [-0.1, -0.05) is 42.5 Å². The molecule has 2 aromatic carbocycles. The number of benzene rings is 2. The van der Waals surface area contributed by atoms with Gasteiger partial charge in [0, 0.05) is 29.5 Å². The molecule has 7 heteroatoms. The van der Waals surface area contributed by atoms with Crippen molar-refractivity contribution < 1.29 is 4.92 Å². The number of hydrogen-bond donors (Lipinski definition) is 1. The summed E-state index contributed by atoms with van der Waals surface area (Å²) in [4.78, 5) is 20.6. The minimum absolute atomic E-state index is 0.0753. The van der Waals surface area contributed by atoms with E-state index >= 15 is 0 Å². The van der Waals surface area contributed by atoms with Gasteiger partial charge in [-0.2, -0.15) is 0 Å². The van der Waals surface area contributed by atoms with Crippen LogP contribution < -0.4 is 5.73 Å². The van der Waals surface area contributed by atoms with Crippen LogP contribution in [0.25, 0.3) is 11.3 Å². The average Bonchev–Trinajstić information content (AvgIpc) is 3.19. The Balaban J connectivity index is 1.70. The maximum Gasteiger partial charge on any atom is 0.270 e. The highest BCUT2D eigenvalue weighted by Crippen LogP contribution is 2.31. The number of rotatable bonds is 7. The zero-order valence-corrected chi connectivity index (χ0v) is 16.1. The number of nitrogens with zero attached hydrogens (tertiary/aromatic N) is 4. The van der Waals surface area contributed by atoms with E-state index in [4.69, 9.17) is 15.7 Å². The van der Waals surface area contributed by atoms with Crippen molar-refractivity contribution in [2.75, 3.05) is 6.54 Å². The van der Waals surface area contributed by atoms with Crippen LogP contribution in [-0.2, 0) is 6.54 Å². The van der Waals surface area contributed by atoms with E-state index in [2.05, 4.69) is 4.57 Å². The van der Waals surface area contributed by atoms with E-state index in [9.17, 15) is 10.1 Å². The number of nitrogens with two attached hydrogens (primary N) is 1. The molecule has 1 atom stereocenters. The Hall–Kier alpha value is -3.32. The third kappa shape index (κ3) is 4.09. The number of nitro groups is 1. The Morgan fingerprint density at radius 2 is 1.90 bits per heavy atom. The Morgan fingerprint density at radius 1 is 1.10 bits per heavy atom. The van der Waals surface area contributed by atoms with Crippen molar-refractivity contribution in [3.63, 3.8) is 0 Å². The summed E-state index contributed by atoms with van der Waals surface area (Å²) in [5, 5.41) is 11.2. The summed E-state index contributed by atoms with van der Waals surface area (Å²) in [5.41, 5.74) is 9.34. The Labute approximate surface area is 169 Å². The maximum atomic E-state index is 11.2. The number of non-ortho nitro benzene ring substituents is 1. The van der Waals surface area contributed by atoms with E-state index in [0.717, 1.165) is 47.6 Å². The number of fused-ring (bicyclic) bond motifs is 1. The van der Waals surface area contributed by atoms with E-state index in [1.54, 1.807) is 12.1 Å². The summed E-state index contributed by atoms with van der Waals surface area (Å²) in [6.07, 6.45) is 4.79. The molecular formula is C22H23N5O2. The molecule has 0 saturated carbocycles. The molecule has 0 fully saturated rings. The van der Waals surface area contributed by atoms with Crippen LogP contribution in [0.3, 0.4) is 0 Å². The monoisotopic (exact) mass is 389 g/mol. The van der Waals surface area contributed by atoms with Crippen molar-refractivity contribution in [3.8, 4) is 11.3 Å². The number of unbranched alkanes of at least 4 members (excludes halogenated alkanes) is 1. The van der Waals surface area contributed by atoms with Gasteiger partial charge >= 0.3 is 0 Å². The molecule has 2 heterocycles. The van der Waals surface area contributed by atoms with Crippen molar-refractivity contribution in [3.05, 3.63) is 82.3 Å². The third-order valence-electron chi connectivity index (χ3n) is 5.13. The lowest BCUT2D eigenvalue weighted by Gasteiger charge is -2.22. The van der Waals surface area contributed by atoms with Gasteiger partial charge in [-0.3, -0.25) is 15.1 Å². The first-order valence-corrected chi connectivity index (χ1v) is 9.80.